The van der Waals surface area contributed by atoms with Crippen LogP contribution in [0.5, 0.6) is 0 Å². The molecule has 1 aromatic carbocycles. The first kappa shape index (κ1) is 17.5. The molecule has 4 aromatic rings. The maximum atomic E-state index is 12.2. The number of pyridine rings is 1. The van der Waals surface area contributed by atoms with Crippen molar-refractivity contribution in [2.24, 2.45) is 7.05 Å². The normalized spacial score (nSPS) is 10.7. The fraction of sp³-hybridized carbons (Fsp3) is 0.143. The second kappa shape index (κ2) is 7.37. The van der Waals surface area contributed by atoms with E-state index in [4.69, 9.17) is 5.26 Å². The van der Waals surface area contributed by atoms with Gasteiger partial charge in [0.2, 0.25) is 0 Å². The summed E-state index contributed by atoms with van der Waals surface area (Å²) in [5, 5.41) is 17.5. The van der Waals surface area contributed by atoms with Crippen LogP contribution < -0.4 is 5.56 Å². The Morgan fingerprint density at radius 1 is 0.964 bits per heavy atom. The lowest BCUT2D eigenvalue weighted by atomic mass is 10.0. The second-order valence-corrected chi connectivity index (χ2v) is 6.55. The molecule has 0 aliphatic rings. The Morgan fingerprint density at radius 2 is 1.64 bits per heavy atom. The van der Waals surface area contributed by atoms with E-state index in [1.54, 1.807) is 41.0 Å². The first-order valence-electron chi connectivity index (χ1n) is 8.81. The molecule has 0 saturated carbocycles. The molecule has 0 atom stereocenters. The number of hydrogen-bond donors (Lipinski definition) is 0. The van der Waals surface area contributed by atoms with Crippen LogP contribution in [-0.2, 0) is 20.1 Å². The predicted molar refractivity (Wildman–Crippen MR) is 105 cm³/mol. The van der Waals surface area contributed by atoms with E-state index >= 15 is 0 Å². The van der Waals surface area contributed by atoms with Gasteiger partial charge < -0.3 is 4.57 Å². The monoisotopic (exact) mass is 370 g/mol. The third-order valence-corrected chi connectivity index (χ3v) is 4.54. The van der Waals surface area contributed by atoms with Gasteiger partial charge in [0.25, 0.3) is 5.56 Å². The Balaban J connectivity index is 1.74. The molecule has 4 rings (SSSR count). The van der Waals surface area contributed by atoms with Crippen LogP contribution in [0, 0.1) is 11.3 Å². The summed E-state index contributed by atoms with van der Waals surface area (Å²) >= 11 is 0. The SMILES string of the molecule is Cn1cc(-c2cnn(Cc3ccccc3)c2)c(-c2cnn(CC#N)c2)cc1=O. The zero-order valence-corrected chi connectivity index (χ0v) is 15.4. The van der Waals surface area contributed by atoms with Crippen LogP contribution in [0.1, 0.15) is 5.56 Å². The van der Waals surface area contributed by atoms with Gasteiger partial charge >= 0.3 is 0 Å². The minimum atomic E-state index is -0.108. The summed E-state index contributed by atoms with van der Waals surface area (Å²) in [5.74, 6) is 0. The van der Waals surface area contributed by atoms with Crippen molar-refractivity contribution in [3.8, 4) is 28.3 Å². The zero-order valence-electron chi connectivity index (χ0n) is 15.4. The fourth-order valence-corrected chi connectivity index (χ4v) is 3.12. The molecule has 0 aliphatic carbocycles. The molecule has 3 heterocycles. The number of hydrogen-bond acceptors (Lipinski definition) is 4. The molecule has 7 heteroatoms. The van der Waals surface area contributed by atoms with E-state index < -0.39 is 0 Å². The number of nitriles is 1. The molecule has 3 aromatic heterocycles. The molecular formula is C21H18N6O. The van der Waals surface area contributed by atoms with Crippen molar-refractivity contribution in [2.45, 2.75) is 13.1 Å². The number of aryl methyl sites for hydroxylation is 1. The third-order valence-electron chi connectivity index (χ3n) is 4.54. The number of benzene rings is 1. The molecule has 138 valence electrons. The predicted octanol–water partition coefficient (Wildman–Crippen LogP) is 2.68. The molecule has 0 spiro atoms. The van der Waals surface area contributed by atoms with E-state index in [0.29, 0.717) is 6.54 Å². The Morgan fingerprint density at radius 3 is 2.39 bits per heavy atom. The van der Waals surface area contributed by atoms with Gasteiger partial charge in [-0.1, -0.05) is 30.3 Å². The number of aromatic nitrogens is 5. The van der Waals surface area contributed by atoms with Crippen molar-refractivity contribution in [1.29, 1.82) is 5.26 Å². The summed E-state index contributed by atoms with van der Waals surface area (Å²) in [6.45, 7) is 0.831. The van der Waals surface area contributed by atoms with E-state index in [0.717, 1.165) is 27.8 Å². The summed E-state index contributed by atoms with van der Waals surface area (Å²) in [7, 11) is 1.73. The van der Waals surface area contributed by atoms with E-state index in [-0.39, 0.29) is 12.1 Å². The zero-order chi connectivity index (χ0) is 19.5. The van der Waals surface area contributed by atoms with E-state index in [1.807, 2.05) is 35.3 Å². The Kier molecular flexibility index (Phi) is 4.60. The highest BCUT2D eigenvalue weighted by atomic mass is 16.1. The maximum Gasteiger partial charge on any atom is 0.250 e. The van der Waals surface area contributed by atoms with E-state index in [1.165, 1.54) is 0 Å². The van der Waals surface area contributed by atoms with Crippen LogP contribution in [0.4, 0.5) is 0 Å². The van der Waals surface area contributed by atoms with Gasteiger partial charge in [-0.15, -0.1) is 0 Å². The topological polar surface area (TPSA) is 81.4 Å². The fourth-order valence-electron chi connectivity index (χ4n) is 3.12. The van der Waals surface area contributed by atoms with Gasteiger partial charge in [-0.25, -0.2) is 0 Å². The minimum absolute atomic E-state index is 0.108. The van der Waals surface area contributed by atoms with Gasteiger partial charge in [0.1, 0.15) is 6.54 Å². The standard InChI is InChI=1S/C21H18N6O/c1-25-15-20(18-11-24-27(14-18)12-16-5-3-2-4-6-16)19(9-21(25)28)17-10-23-26(13-17)8-7-22/h2-6,9-11,13-15H,8,12H2,1H3. The first-order chi connectivity index (χ1) is 13.6. The smallest absolute Gasteiger partial charge is 0.250 e. The molecule has 0 aliphatic heterocycles. The first-order valence-corrected chi connectivity index (χ1v) is 8.81. The lowest BCUT2D eigenvalue weighted by Gasteiger charge is -2.08. The summed E-state index contributed by atoms with van der Waals surface area (Å²) in [6.07, 6.45) is 9.02. The molecule has 0 amide bonds. The maximum absolute atomic E-state index is 12.2. The highest BCUT2D eigenvalue weighted by Gasteiger charge is 2.14. The van der Waals surface area contributed by atoms with Crippen molar-refractivity contribution >= 4 is 0 Å². The van der Waals surface area contributed by atoms with Crippen molar-refractivity contribution < 1.29 is 0 Å². The molecule has 0 bridgehead atoms. The van der Waals surface area contributed by atoms with Crippen LogP contribution in [0.2, 0.25) is 0 Å². The summed E-state index contributed by atoms with van der Waals surface area (Å²) in [4.78, 5) is 12.2. The summed E-state index contributed by atoms with van der Waals surface area (Å²) in [6, 6.07) is 13.8. The Labute approximate surface area is 161 Å². The van der Waals surface area contributed by atoms with Crippen LogP contribution in [-0.4, -0.2) is 24.1 Å². The van der Waals surface area contributed by atoms with Crippen LogP contribution in [0.3, 0.4) is 0 Å². The summed E-state index contributed by atoms with van der Waals surface area (Å²) in [5.41, 5.74) is 4.41. The number of rotatable bonds is 5. The highest BCUT2D eigenvalue weighted by molar-refractivity contribution is 5.81. The van der Waals surface area contributed by atoms with Gasteiger partial charge in [-0.3, -0.25) is 14.2 Å². The van der Waals surface area contributed by atoms with Crippen LogP contribution in [0.25, 0.3) is 22.3 Å². The van der Waals surface area contributed by atoms with Crippen molar-refractivity contribution in [3.63, 3.8) is 0 Å². The molecule has 0 saturated heterocycles. The lowest BCUT2D eigenvalue weighted by molar-refractivity contribution is 0.687. The van der Waals surface area contributed by atoms with Gasteiger partial charge in [0.05, 0.1) is 25.0 Å². The molecule has 0 fully saturated rings. The van der Waals surface area contributed by atoms with E-state index in [9.17, 15) is 4.79 Å². The van der Waals surface area contributed by atoms with Gasteiger partial charge in [0, 0.05) is 48.4 Å². The Hall–Kier alpha value is -3.92. The van der Waals surface area contributed by atoms with Crippen molar-refractivity contribution in [2.75, 3.05) is 0 Å². The summed E-state index contributed by atoms with van der Waals surface area (Å²) < 4.78 is 4.97. The minimum Gasteiger partial charge on any atom is -0.318 e. The third kappa shape index (κ3) is 3.48. The second-order valence-electron chi connectivity index (χ2n) is 6.55. The number of nitrogens with zero attached hydrogens (tertiary/aromatic N) is 6. The quantitative estimate of drug-likeness (QED) is 0.541. The molecule has 7 nitrogen and oxygen atoms in total. The van der Waals surface area contributed by atoms with Crippen molar-refractivity contribution in [1.82, 2.24) is 24.1 Å². The van der Waals surface area contributed by atoms with Crippen molar-refractivity contribution in [3.05, 3.63) is 83.3 Å². The van der Waals surface area contributed by atoms with Gasteiger partial charge in [0.15, 0.2) is 0 Å². The highest BCUT2D eigenvalue weighted by Crippen LogP contribution is 2.30. The van der Waals surface area contributed by atoms with E-state index in [2.05, 4.69) is 28.4 Å². The average molecular weight is 370 g/mol. The van der Waals surface area contributed by atoms with Gasteiger partial charge in [-0.2, -0.15) is 15.5 Å². The average Bonchev–Trinajstić information content (AvgIpc) is 3.35. The molecule has 0 radical (unpaired) electrons. The van der Waals surface area contributed by atoms with Crippen LogP contribution in [0.15, 0.2) is 72.2 Å². The van der Waals surface area contributed by atoms with Gasteiger partial charge in [-0.05, 0) is 11.1 Å². The largest absolute Gasteiger partial charge is 0.318 e. The molecular weight excluding hydrogens is 352 g/mol. The molecule has 28 heavy (non-hydrogen) atoms. The van der Waals surface area contributed by atoms with Crippen LogP contribution >= 0.6 is 0 Å². The molecule has 0 N–H and O–H groups in total. The Bertz CT molecular complexity index is 1210. The lowest BCUT2D eigenvalue weighted by Crippen LogP contribution is -2.15. The molecule has 0 unspecified atom stereocenters.